The number of carbonyl (C=O) groups excluding carboxylic acids is 5. The number of guanidine groups is 2. The minimum atomic E-state index is -1.23. The summed E-state index contributed by atoms with van der Waals surface area (Å²) >= 11 is 0. The minimum Gasteiger partial charge on any atom is -0.508 e. The van der Waals surface area contributed by atoms with Crippen LogP contribution in [0, 0.1) is 0 Å². The quantitative estimate of drug-likeness (QED) is 0.0585. The fraction of sp³-hybridized carbons (Fsp3) is 0.361. The number of rotatable bonds is 12. The van der Waals surface area contributed by atoms with Gasteiger partial charge in [-0.2, -0.15) is 0 Å². The van der Waals surface area contributed by atoms with E-state index in [0.717, 1.165) is 16.3 Å². The lowest BCUT2D eigenvalue weighted by atomic mass is 10.00. The molecule has 1 fully saturated rings. The Bertz CT molecular complexity index is 1820. The van der Waals surface area contributed by atoms with Crippen LogP contribution in [-0.4, -0.2) is 90.4 Å². The van der Waals surface area contributed by atoms with Crippen LogP contribution in [0.3, 0.4) is 0 Å². The molecule has 282 valence electrons. The number of hydrogen-bond acceptors (Lipinski definition) is 8. The summed E-state index contributed by atoms with van der Waals surface area (Å²) < 4.78 is 0. The van der Waals surface area contributed by atoms with E-state index < -0.39 is 60.2 Å². The summed E-state index contributed by atoms with van der Waals surface area (Å²) in [5.74, 6) is -3.66. The molecule has 0 bridgehead atoms. The third-order valence-corrected chi connectivity index (χ3v) is 8.49. The van der Waals surface area contributed by atoms with Crippen LogP contribution < -0.4 is 49.5 Å². The Balaban J connectivity index is 1.68. The normalized spacial score (nSPS) is 20.0. The third kappa shape index (κ3) is 12.7. The van der Waals surface area contributed by atoms with Gasteiger partial charge in [0.2, 0.25) is 29.5 Å². The highest BCUT2D eigenvalue weighted by molar-refractivity contribution is 5.97. The number of hydrogen-bond donors (Lipinski definition) is 10. The maximum Gasteiger partial charge on any atom is 0.243 e. The number of phenolic OH excluding ortho intramolecular Hbond substituents is 1. The van der Waals surface area contributed by atoms with Crippen LogP contribution in [0.2, 0.25) is 0 Å². The van der Waals surface area contributed by atoms with E-state index in [2.05, 4.69) is 36.6 Å². The Hall–Kier alpha value is -6.39. The first-order valence-electron chi connectivity index (χ1n) is 17.2. The fourth-order valence-corrected chi connectivity index (χ4v) is 5.79. The van der Waals surface area contributed by atoms with Gasteiger partial charge in [-0.1, -0.05) is 54.6 Å². The van der Waals surface area contributed by atoms with Crippen LogP contribution >= 0.6 is 0 Å². The van der Waals surface area contributed by atoms with E-state index in [9.17, 15) is 29.1 Å². The first kappa shape index (κ1) is 39.4. The van der Waals surface area contributed by atoms with Crippen LogP contribution in [-0.2, 0) is 36.8 Å². The van der Waals surface area contributed by atoms with Crippen molar-refractivity contribution in [3.63, 3.8) is 0 Å². The van der Waals surface area contributed by atoms with Gasteiger partial charge in [0.05, 0.1) is 6.54 Å². The van der Waals surface area contributed by atoms with Crippen molar-refractivity contribution in [3.8, 4) is 5.75 Å². The highest BCUT2D eigenvalue weighted by atomic mass is 16.3. The molecule has 0 spiro atoms. The molecule has 17 heteroatoms. The summed E-state index contributed by atoms with van der Waals surface area (Å²) in [4.78, 5) is 76.4. The van der Waals surface area contributed by atoms with Gasteiger partial charge >= 0.3 is 0 Å². The Kier molecular flexibility index (Phi) is 14.3. The van der Waals surface area contributed by atoms with E-state index in [0.29, 0.717) is 12.0 Å². The number of phenols is 1. The van der Waals surface area contributed by atoms with E-state index in [4.69, 9.17) is 22.9 Å². The molecule has 0 aliphatic carbocycles. The molecule has 1 saturated heterocycles. The summed E-state index contributed by atoms with van der Waals surface area (Å²) in [6.07, 6.45) is 0.777. The predicted molar refractivity (Wildman–Crippen MR) is 200 cm³/mol. The van der Waals surface area contributed by atoms with Crippen molar-refractivity contribution in [1.29, 1.82) is 0 Å². The minimum absolute atomic E-state index is 0.00627. The summed E-state index contributed by atoms with van der Waals surface area (Å²) in [5.41, 5.74) is 23.2. The van der Waals surface area contributed by atoms with Gasteiger partial charge in [-0.25, -0.2) is 0 Å². The van der Waals surface area contributed by atoms with Crippen LogP contribution in [0.15, 0.2) is 76.7 Å². The standard InChI is InChI=1S/C36H47N11O6/c37-35(38)41-15-3-7-26-32(51)47-29(18-21-10-13-25(48)14-11-21)34(53)45-27(8-4-16-42-36(39)40)33(52)46-28(31(50)43-20-30(49)44-26)19-22-9-12-23-5-1-2-6-24(23)17-22/h1-2,5-6,9-14,17,26-29,48H,3-4,7-8,15-16,18-20H2,(H,43,50)(H,44,49)(H,45,53)(H,46,52)(H,47,51)(H4,37,38,41)(H4,39,40,42)/t26-,27+,28-,29-/m0/s1. The molecule has 4 rings (SSSR count). The van der Waals surface area contributed by atoms with Crippen molar-refractivity contribution in [3.05, 3.63) is 77.9 Å². The van der Waals surface area contributed by atoms with Gasteiger partial charge < -0.3 is 54.6 Å². The van der Waals surface area contributed by atoms with Gasteiger partial charge in [0.1, 0.15) is 29.9 Å². The number of aliphatic imine (C=N–C) groups is 2. The highest BCUT2D eigenvalue weighted by Gasteiger charge is 2.32. The number of nitrogens with zero attached hydrogens (tertiary/aromatic N) is 2. The maximum absolute atomic E-state index is 14.0. The van der Waals surface area contributed by atoms with Crippen LogP contribution in [0.1, 0.15) is 36.8 Å². The fourth-order valence-electron chi connectivity index (χ4n) is 5.79. The molecular formula is C36H47N11O6. The van der Waals surface area contributed by atoms with E-state index in [1.54, 1.807) is 12.1 Å². The molecule has 17 nitrogen and oxygen atoms in total. The molecule has 1 heterocycles. The SMILES string of the molecule is NC(N)=NCCC[C@@H]1NC(=O)CNC(=O)[C@H](Cc2ccc3ccccc3c2)NC(=O)[C@@H](CCCN=C(N)N)NC(=O)[C@H](Cc2ccc(O)cc2)NC1=O. The molecular weight excluding hydrogens is 682 g/mol. The van der Waals surface area contributed by atoms with Crippen molar-refractivity contribution < 1.29 is 29.1 Å². The number of aromatic hydroxyl groups is 1. The number of fused-ring (bicyclic) bond motifs is 1. The monoisotopic (exact) mass is 729 g/mol. The third-order valence-electron chi connectivity index (χ3n) is 8.49. The van der Waals surface area contributed by atoms with Crippen LogP contribution in [0.25, 0.3) is 10.8 Å². The molecule has 3 aromatic carbocycles. The van der Waals surface area contributed by atoms with Crippen LogP contribution in [0.4, 0.5) is 0 Å². The summed E-state index contributed by atoms with van der Waals surface area (Å²) in [7, 11) is 0. The molecule has 4 atom stereocenters. The Morgan fingerprint density at radius 2 is 1.09 bits per heavy atom. The zero-order chi connectivity index (χ0) is 38.3. The van der Waals surface area contributed by atoms with E-state index in [1.165, 1.54) is 12.1 Å². The second kappa shape index (κ2) is 19.3. The molecule has 14 N–H and O–H groups in total. The smallest absolute Gasteiger partial charge is 0.243 e. The molecule has 1 aliphatic rings. The summed E-state index contributed by atoms with van der Waals surface area (Å²) in [6.45, 7) is -0.176. The number of carbonyl (C=O) groups is 5. The lowest BCUT2D eigenvalue weighted by molar-refractivity contribution is -0.134. The zero-order valence-electron chi connectivity index (χ0n) is 29.2. The van der Waals surface area contributed by atoms with Gasteiger partial charge in [0.15, 0.2) is 11.9 Å². The second-order valence-corrected chi connectivity index (χ2v) is 12.7. The topological polar surface area (TPSA) is 295 Å². The molecule has 5 amide bonds. The Morgan fingerprint density at radius 3 is 1.70 bits per heavy atom. The molecule has 0 aromatic heterocycles. The predicted octanol–water partition coefficient (Wildman–Crippen LogP) is -1.49. The molecule has 53 heavy (non-hydrogen) atoms. The zero-order valence-corrected chi connectivity index (χ0v) is 29.2. The summed E-state index contributed by atoms with van der Waals surface area (Å²) in [5, 5.41) is 25.2. The number of amides is 5. The van der Waals surface area contributed by atoms with E-state index in [-0.39, 0.29) is 62.9 Å². The molecule has 1 aliphatic heterocycles. The van der Waals surface area contributed by atoms with Gasteiger partial charge in [-0.3, -0.25) is 34.0 Å². The first-order valence-corrected chi connectivity index (χ1v) is 17.2. The van der Waals surface area contributed by atoms with Gasteiger partial charge in [-0.15, -0.1) is 0 Å². The number of benzene rings is 3. The maximum atomic E-state index is 14.0. The van der Waals surface area contributed by atoms with Gasteiger partial charge in [-0.05, 0) is 59.7 Å². The van der Waals surface area contributed by atoms with Crippen molar-refractivity contribution in [2.45, 2.75) is 62.7 Å². The number of nitrogens with one attached hydrogen (secondary N) is 5. The number of nitrogens with two attached hydrogens (primary N) is 4. The Labute approximate surface area is 306 Å². The lowest BCUT2D eigenvalue weighted by Gasteiger charge is -2.26. The molecule has 3 aromatic rings. The molecule has 0 unspecified atom stereocenters. The van der Waals surface area contributed by atoms with Crippen LogP contribution in [0.5, 0.6) is 5.75 Å². The first-order chi connectivity index (χ1) is 25.4. The van der Waals surface area contributed by atoms with Gasteiger partial charge in [0, 0.05) is 25.9 Å². The molecule has 0 radical (unpaired) electrons. The summed E-state index contributed by atoms with van der Waals surface area (Å²) in [6, 6.07) is 14.7. The van der Waals surface area contributed by atoms with Crippen molar-refractivity contribution in [2.75, 3.05) is 19.6 Å². The van der Waals surface area contributed by atoms with Crippen molar-refractivity contribution >= 4 is 52.2 Å². The average Bonchev–Trinajstić information content (AvgIpc) is 3.12. The average molecular weight is 730 g/mol. The van der Waals surface area contributed by atoms with Crippen molar-refractivity contribution in [2.24, 2.45) is 32.9 Å². The lowest BCUT2D eigenvalue weighted by Crippen LogP contribution is -2.58. The highest BCUT2D eigenvalue weighted by Crippen LogP contribution is 2.17. The van der Waals surface area contributed by atoms with E-state index in [1.807, 2.05) is 42.5 Å². The Morgan fingerprint density at radius 1 is 0.604 bits per heavy atom. The largest absolute Gasteiger partial charge is 0.508 e. The molecule has 0 saturated carbocycles. The van der Waals surface area contributed by atoms with E-state index >= 15 is 0 Å². The van der Waals surface area contributed by atoms with Crippen molar-refractivity contribution in [1.82, 2.24) is 26.6 Å². The second-order valence-electron chi connectivity index (χ2n) is 12.7. The van der Waals surface area contributed by atoms with Gasteiger partial charge in [0.25, 0.3) is 0 Å².